The van der Waals surface area contributed by atoms with Crippen LogP contribution in [0.4, 0.5) is 0 Å². The van der Waals surface area contributed by atoms with Gasteiger partial charge in [-0.25, -0.2) is 14.4 Å². The molecule has 0 N–H and O–H groups in total. The zero-order valence-corrected chi connectivity index (χ0v) is 24.7. The van der Waals surface area contributed by atoms with Gasteiger partial charge in [-0.2, -0.15) is 0 Å². The maximum Gasteiger partial charge on any atom is 0.343 e. The Labute approximate surface area is 253 Å². The highest BCUT2D eigenvalue weighted by molar-refractivity contribution is 5.81. The molecule has 0 aliphatic heterocycles. The predicted molar refractivity (Wildman–Crippen MR) is 155 cm³/mol. The molecule has 0 bridgehead atoms. The first-order valence-corrected chi connectivity index (χ1v) is 13.2. The second kappa shape index (κ2) is 16.3. The van der Waals surface area contributed by atoms with Crippen LogP contribution in [0.1, 0.15) is 43.0 Å². The van der Waals surface area contributed by atoms with Crippen molar-refractivity contribution in [3.8, 4) is 23.0 Å². The van der Waals surface area contributed by atoms with E-state index in [-0.39, 0.29) is 55.3 Å². The van der Waals surface area contributed by atoms with Gasteiger partial charge in [0.2, 0.25) is 0 Å². The summed E-state index contributed by atoms with van der Waals surface area (Å²) in [5, 5.41) is 0. The van der Waals surface area contributed by atoms with Crippen LogP contribution in [0.15, 0.2) is 48.5 Å². The minimum Gasteiger partial charge on any atom is -0.497 e. The van der Waals surface area contributed by atoms with Gasteiger partial charge in [-0.3, -0.25) is 9.59 Å². The molecular formula is C32H32O12. The molecule has 3 aromatic rings. The molecule has 0 atom stereocenters. The van der Waals surface area contributed by atoms with Gasteiger partial charge in [0, 0.05) is 24.0 Å². The number of esters is 3. The fourth-order valence-corrected chi connectivity index (χ4v) is 4.17. The summed E-state index contributed by atoms with van der Waals surface area (Å²) in [6.07, 6.45) is 1.76. The van der Waals surface area contributed by atoms with Crippen LogP contribution in [0.2, 0.25) is 0 Å². The van der Waals surface area contributed by atoms with Gasteiger partial charge in [0.15, 0.2) is 32.4 Å². The average Bonchev–Trinajstić information content (AvgIpc) is 3.05. The Morgan fingerprint density at radius 2 is 1.00 bits per heavy atom. The van der Waals surface area contributed by atoms with Crippen molar-refractivity contribution >= 4 is 30.5 Å². The van der Waals surface area contributed by atoms with Crippen molar-refractivity contribution in [2.45, 2.75) is 12.8 Å². The Kier molecular flexibility index (Phi) is 12.3. The zero-order valence-electron chi connectivity index (χ0n) is 24.7. The number of carbonyl (C=O) groups excluding carboxylic acids is 5. The number of ether oxygens (including phenoxy) is 7. The maximum absolute atomic E-state index is 12.0. The van der Waals surface area contributed by atoms with Crippen LogP contribution >= 0.6 is 0 Å². The van der Waals surface area contributed by atoms with Crippen molar-refractivity contribution in [3.63, 3.8) is 0 Å². The van der Waals surface area contributed by atoms with E-state index >= 15 is 0 Å². The van der Waals surface area contributed by atoms with Gasteiger partial charge in [-0.1, -0.05) is 12.1 Å². The van der Waals surface area contributed by atoms with Gasteiger partial charge in [0.05, 0.1) is 39.6 Å². The molecule has 0 unspecified atom stereocenters. The molecule has 12 heteroatoms. The molecule has 0 radical (unpaired) electrons. The fourth-order valence-electron chi connectivity index (χ4n) is 4.17. The highest BCUT2D eigenvalue weighted by Gasteiger charge is 2.18. The second-order valence-electron chi connectivity index (χ2n) is 9.20. The maximum atomic E-state index is 12.0. The Morgan fingerprint density at radius 1 is 0.591 bits per heavy atom. The lowest BCUT2D eigenvalue weighted by molar-refractivity contribution is -0.143. The number of carbonyl (C=O) groups is 5. The topological polar surface area (TPSA) is 150 Å². The molecule has 0 spiro atoms. The molecule has 232 valence electrons. The number of methoxy groups -OCH3 is 4. The molecule has 0 fully saturated rings. The summed E-state index contributed by atoms with van der Waals surface area (Å²) in [6, 6.07) is 13.3. The quantitative estimate of drug-likeness (QED) is 0.134. The first kappa shape index (κ1) is 33.1. The first-order chi connectivity index (χ1) is 21.2. The summed E-state index contributed by atoms with van der Waals surface area (Å²) in [6.45, 7) is -1.08. The predicted octanol–water partition coefficient (Wildman–Crippen LogP) is 3.16. The van der Waals surface area contributed by atoms with Crippen molar-refractivity contribution in [3.05, 3.63) is 81.9 Å². The van der Waals surface area contributed by atoms with Gasteiger partial charge in [0.1, 0.15) is 23.0 Å². The minimum absolute atomic E-state index is 0.215. The highest BCUT2D eigenvalue weighted by Crippen LogP contribution is 2.34. The van der Waals surface area contributed by atoms with Gasteiger partial charge in [-0.15, -0.1) is 0 Å². The summed E-state index contributed by atoms with van der Waals surface area (Å²) < 4.78 is 36.2. The lowest BCUT2D eigenvalue weighted by atomic mass is 9.95. The summed E-state index contributed by atoms with van der Waals surface area (Å²) >= 11 is 0. The SMILES string of the molecule is COC(=O)COc1ccc(Cc2cc(OC)cc(Cc3ccc(OCC(=O)OC)c(C=O)c3)c2OCC(=O)OC)cc1C=O. The van der Waals surface area contributed by atoms with E-state index < -0.39 is 17.9 Å². The second-order valence-corrected chi connectivity index (χ2v) is 9.20. The van der Waals surface area contributed by atoms with Crippen LogP contribution in [0.25, 0.3) is 0 Å². The monoisotopic (exact) mass is 608 g/mol. The fraction of sp³-hybridized carbons (Fsp3) is 0.281. The van der Waals surface area contributed by atoms with E-state index in [0.29, 0.717) is 46.3 Å². The standard InChI is InChI=1S/C32H32O12/c1-38-26-13-22(9-20-5-7-27(24(11-20)15-33)42-17-29(35)39-2)32(44-19-31(37)41-4)23(14-26)10-21-6-8-28(25(12-21)16-34)43-18-30(36)40-3/h5-8,11-16H,9-10,17-19H2,1-4H3. The average molecular weight is 609 g/mol. The van der Waals surface area contributed by atoms with Crippen LogP contribution in [-0.2, 0) is 41.4 Å². The molecule has 3 aromatic carbocycles. The number of aldehydes is 2. The molecule has 3 rings (SSSR count). The smallest absolute Gasteiger partial charge is 0.343 e. The highest BCUT2D eigenvalue weighted by atomic mass is 16.6. The van der Waals surface area contributed by atoms with Crippen LogP contribution < -0.4 is 18.9 Å². The minimum atomic E-state index is -0.594. The normalized spacial score (nSPS) is 10.3. The third-order valence-corrected chi connectivity index (χ3v) is 6.35. The lowest BCUT2D eigenvalue weighted by Gasteiger charge is -2.18. The van der Waals surface area contributed by atoms with Crippen LogP contribution in [0.5, 0.6) is 23.0 Å². The molecule has 0 saturated carbocycles. The lowest BCUT2D eigenvalue weighted by Crippen LogP contribution is -2.15. The Bertz CT molecular complexity index is 1410. The van der Waals surface area contributed by atoms with E-state index in [2.05, 4.69) is 9.47 Å². The molecule has 12 nitrogen and oxygen atoms in total. The van der Waals surface area contributed by atoms with Gasteiger partial charge in [0.25, 0.3) is 0 Å². The van der Waals surface area contributed by atoms with Crippen LogP contribution in [0, 0.1) is 0 Å². The van der Waals surface area contributed by atoms with Crippen molar-refractivity contribution in [2.75, 3.05) is 48.3 Å². The van der Waals surface area contributed by atoms with E-state index in [1.54, 1.807) is 48.5 Å². The summed E-state index contributed by atoms with van der Waals surface area (Å²) in [7, 11) is 5.22. The first-order valence-electron chi connectivity index (χ1n) is 13.2. The Hall–Kier alpha value is -5.39. The Morgan fingerprint density at radius 3 is 1.36 bits per heavy atom. The van der Waals surface area contributed by atoms with E-state index in [9.17, 15) is 24.0 Å². The molecule has 0 aliphatic rings. The van der Waals surface area contributed by atoms with Crippen LogP contribution in [-0.4, -0.2) is 78.7 Å². The number of hydrogen-bond donors (Lipinski definition) is 0. The van der Waals surface area contributed by atoms with Crippen molar-refractivity contribution in [1.29, 1.82) is 0 Å². The van der Waals surface area contributed by atoms with E-state index in [0.717, 1.165) is 0 Å². The summed E-state index contributed by atoms with van der Waals surface area (Å²) in [4.78, 5) is 58.5. The molecular weight excluding hydrogens is 576 g/mol. The van der Waals surface area contributed by atoms with E-state index in [1.807, 2.05) is 0 Å². The van der Waals surface area contributed by atoms with Crippen molar-refractivity contribution in [1.82, 2.24) is 0 Å². The molecule has 0 heterocycles. The molecule has 0 amide bonds. The number of benzene rings is 3. The van der Waals surface area contributed by atoms with E-state index in [4.69, 9.17) is 23.7 Å². The largest absolute Gasteiger partial charge is 0.497 e. The van der Waals surface area contributed by atoms with E-state index in [1.165, 1.54) is 28.4 Å². The molecule has 44 heavy (non-hydrogen) atoms. The molecule has 0 saturated heterocycles. The van der Waals surface area contributed by atoms with Gasteiger partial charge in [-0.05, 0) is 47.5 Å². The van der Waals surface area contributed by atoms with Crippen molar-refractivity contribution in [2.24, 2.45) is 0 Å². The Balaban J connectivity index is 2.00. The summed E-state index contributed by atoms with van der Waals surface area (Å²) in [5.41, 5.74) is 3.13. The summed E-state index contributed by atoms with van der Waals surface area (Å²) in [5.74, 6) is -0.461. The van der Waals surface area contributed by atoms with Crippen molar-refractivity contribution < 1.29 is 57.1 Å². The molecule has 0 aliphatic carbocycles. The molecule has 0 aromatic heterocycles. The number of hydrogen-bond acceptors (Lipinski definition) is 12. The zero-order chi connectivity index (χ0) is 32.1. The van der Waals surface area contributed by atoms with Gasteiger partial charge < -0.3 is 33.2 Å². The number of rotatable bonds is 16. The van der Waals surface area contributed by atoms with Crippen LogP contribution in [0.3, 0.4) is 0 Å². The third kappa shape index (κ3) is 9.05. The van der Waals surface area contributed by atoms with Gasteiger partial charge >= 0.3 is 17.9 Å². The third-order valence-electron chi connectivity index (χ3n) is 6.35.